The summed E-state index contributed by atoms with van der Waals surface area (Å²) in [4.78, 5) is 0. The molecule has 2 nitrogen and oxygen atoms in total. The van der Waals surface area contributed by atoms with Gasteiger partial charge in [-0.1, -0.05) is 12.1 Å². The Kier molecular flexibility index (Phi) is 2.71. The highest BCUT2D eigenvalue weighted by atomic mass is 14.9. The maximum atomic E-state index is 5.79. The van der Waals surface area contributed by atoms with Crippen molar-refractivity contribution < 1.29 is 0 Å². The molecule has 0 spiro atoms. The second-order valence-electron chi connectivity index (χ2n) is 3.07. The van der Waals surface area contributed by atoms with Crippen molar-refractivity contribution in [2.24, 2.45) is 0 Å². The molecule has 0 radical (unpaired) electrons. The monoisotopic (exact) mass is 164 g/mol. The average molecular weight is 164 g/mol. The van der Waals surface area contributed by atoms with Crippen LogP contribution in [0.3, 0.4) is 0 Å². The average Bonchev–Trinajstić information content (AvgIpc) is 2.08. The number of anilines is 1. The second kappa shape index (κ2) is 3.59. The zero-order valence-electron chi connectivity index (χ0n) is 7.89. The van der Waals surface area contributed by atoms with Gasteiger partial charge in [-0.3, -0.25) is 0 Å². The van der Waals surface area contributed by atoms with Crippen LogP contribution in [0.2, 0.25) is 0 Å². The Morgan fingerprint density at radius 3 is 2.67 bits per heavy atom. The summed E-state index contributed by atoms with van der Waals surface area (Å²) in [5.74, 6) is 0. The summed E-state index contributed by atoms with van der Waals surface area (Å²) >= 11 is 0. The molecule has 1 atom stereocenters. The lowest BCUT2D eigenvalue weighted by Crippen LogP contribution is -2.14. The van der Waals surface area contributed by atoms with E-state index in [1.54, 1.807) is 0 Å². The lowest BCUT2D eigenvalue weighted by molar-refractivity contribution is 0.649. The van der Waals surface area contributed by atoms with Gasteiger partial charge in [0.15, 0.2) is 0 Å². The SMILES string of the molecule is CN[C@@H](C)c1cccc(N)c1C. The van der Waals surface area contributed by atoms with E-state index in [0.29, 0.717) is 6.04 Å². The number of nitrogens with two attached hydrogens (primary N) is 1. The van der Waals surface area contributed by atoms with Crippen molar-refractivity contribution in [3.8, 4) is 0 Å². The predicted octanol–water partition coefficient (Wildman–Crippen LogP) is 1.86. The van der Waals surface area contributed by atoms with Crippen molar-refractivity contribution in [1.29, 1.82) is 0 Å². The molecule has 0 fully saturated rings. The van der Waals surface area contributed by atoms with Crippen molar-refractivity contribution in [3.63, 3.8) is 0 Å². The first-order valence-electron chi connectivity index (χ1n) is 4.19. The van der Waals surface area contributed by atoms with Gasteiger partial charge < -0.3 is 11.1 Å². The summed E-state index contributed by atoms with van der Waals surface area (Å²) in [7, 11) is 1.95. The highest BCUT2D eigenvalue weighted by Crippen LogP contribution is 2.21. The Balaban J connectivity index is 3.07. The zero-order valence-corrected chi connectivity index (χ0v) is 7.89. The van der Waals surface area contributed by atoms with Gasteiger partial charge in [0.25, 0.3) is 0 Å². The second-order valence-corrected chi connectivity index (χ2v) is 3.07. The summed E-state index contributed by atoms with van der Waals surface area (Å²) in [5.41, 5.74) is 9.11. The van der Waals surface area contributed by atoms with E-state index < -0.39 is 0 Å². The van der Waals surface area contributed by atoms with Crippen LogP contribution in [0, 0.1) is 6.92 Å². The number of benzene rings is 1. The molecule has 0 amide bonds. The van der Waals surface area contributed by atoms with Crippen LogP contribution >= 0.6 is 0 Å². The van der Waals surface area contributed by atoms with E-state index in [4.69, 9.17) is 5.73 Å². The van der Waals surface area contributed by atoms with Gasteiger partial charge in [-0.2, -0.15) is 0 Å². The van der Waals surface area contributed by atoms with E-state index in [1.807, 2.05) is 19.2 Å². The highest BCUT2D eigenvalue weighted by molar-refractivity contribution is 5.50. The molecule has 1 rings (SSSR count). The molecule has 0 aliphatic heterocycles. The molecule has 0 aromatic heterocycles. The first-order chi connectivity index (χ1) is 5.66. The number of rotatable bonds is 2. The minimum absolute atomic E-state index is 0.369. The molecule has 12 heavy (non-hydrogen) atoms. The Bertz CT molecular complexity index is 269. The van der Waals surface area contributed by atoms with E-state index in [0.717, 1.165) is 5.69 Å². The third kappa shape index (κ3) is 1.59. The predicted molar refractivity (Wildman–Crippen MR) is 53.1 cm³/mol. The number of hydrogen-bond donors (Lipinski definition) is 2. The van der Waals surface area contributed by atoms with E-state index in [9.17, 15) is 0 Å². The molecule has 0 heterocycles. The van der Waals surface area contributed by atoms with Gasteiger partial charge in [0.2, 0.25) is 0 Å². The third-order valence-corrected chi connectivity index (χ3v) is 2.32. The normalized spacial score (nSPS) is 12.9. The van der Waals surface area contributed by atoms with Gasteiger partial charge >= 0.3 is 0 Å². The smallest absolute Gasteiger partial charge is 0.0347 e. The first kappa shape index (κ1) is 9.07. The maximum Gasteiger partial charge on any atom is 0.0347 e. The first-order valence-corrected chi connectivity index (χ1v) is 4.19. The van der Waals surface area contributed by atoms with Crippen molar-refractivity contribution in [3.05, 3.63) is 29.3 Å². The van der Waals surface area contributed by atoms with Crippen LogP contribution in [0.25, 0.3) is 0 Å². The topological polar surface area (TPSA) is 38.0 Å². The van der Waals surface area contributed by atoms with E-state index in [-0.39, 0.29) is 0 Å². The Hall–Kier alpha value is -1.02. The minimum atomic E-state index is 0.369. The Labute approximate surface area is 73.8 Å². The van der Waals surface area contributed by atoms with E-state index >= 15 is 0 Å². The fraction of sp³-hybridized carbons (Fsp3) is 0.400. The lowest BCUT2D eigenvalue weighted by atomic mass is 10.0. The van der Waals surface area contributed by atoms with Crippen LogP contribution in [0.15, 0.2) is 18.2 Å². The molecule has 0 aliphatic rings. The summed E-state index contributed by atoms with van der Waals surface area (Å²) in [6.45, 7) is 4.18. The van der Waals surface area contributed by atoms with Gasteiger partial charge in [-0.15, -0.1) is 0 Å². The Morgan fingerprint density at radius 2 is 2.08 bits per heavy atom. The van der Waals surface area contributed by atoms with Gasteiger partial charge in [-0.25, -0.2) is 0 Å². The quantitative estimate of drug-likeness (QED) is 0.655. The molecule has 0 saturated heterocycles. The van der Waals surface area contributed by atoms with E-state index in [2.05, 4.69) is 25.2 Å². The summed E-state index contributed by atoms with van der Waals surface area (Å²) < 4.78 is 0. The van der Waals surface area contributed by atoms with Gasteiger partial charge in [0.1, 0.15) is 0 Å². The molecule has 3 N–H and O–H groups in total. The number of hydrogen-bond acceptors (Lipinski definition) is 2. The van der Waals surface area contributed by atoms with Crippen LogP contribution in [-0.4, -0.2) is 7.05 Å². The van der Waals surface area contributed by atoms with Crippen molar-refractivity contribution >= 4 is 5.69 Å². The Morgan fingerprint density at radius 1 is 1.42 bits per heavy atom. The van der Waals surface area contributed by atoms with Crippen LogP contribution < -0.4 is 11.1 Å². The highest BCUT2D eigenvalue weighted by Gasteiger charge is 2.06. The molecule has 1 aromatic carbocycles. The molecule has 0 unspecified atom stereocenters. The molecule has 0 bridgehead atoms. The summed E-state index contributed by atoms with van der Waals surface area (Å²) in [6, 6.07) is 6.40. The minimum Gasteiger partial charge on any atom is -0.399 e. The number of nitrogen functional groups attached to an aromatic ring is 1. The van der Waals surface area contributed by atoms with E-state index in [1.165, 1.54) is 11.1 Å². The lowest BCUT2D eigenvalue weighted by Gasteiger charge is -2.14. The molecular formula is C10H16N2. The van der Waals surface area contributed by atoms with Crippen LogP contribution in [0.5, 0.6) is 0 Å². The van der Waals surface area contributed by atoms with Crippen molar-refractivity contribution in [2.75, 3.05) is 12.8 Å². The zero-order chi connectivity index (χ0) is 9.14. The third-order valence-electron chi connectivity index (χ3n) is 2.32. The fourth-order valence-electron chi connectivity index (χ4n) is 1.30. The molecular weight excluding hydrogens is 148 g/mol. The maximum absolute atomic E-state index is 5.79. The summed E-state index contributed by atoms with van der Waals surface area (Å²) in [5, 5.41) is 3.19. The molecule has 0 saturated carbocycles. The summed E-state index contributed by atoms with van der Waals surface area (Å²) in [6.07, 6.45) is 0. The van der Waals surface area contributed by atoms with Crippen molar-refractivity contribution in [1.82, 2.24) is 5.32 Å². The largest absolute Gasteiger partial charge is 0.399 e. The van der Waals surface area contributed by atoms with Gasteiger partial charge in [0.05, 0.1) is 0 Å². The standard InChI is InChI=1S/C10H16N2/c1-7-9(8(2)12-3)5-4-6-10(7)11/h4-6,8,12H,11H2,1-3H3/t8-/m0/s1. The van der Waals surface area contributed by atoms with Crippen LogP contribution in [0.4, 0.5) is 5.69 Å². The fourth-order valence-corrected chi connectivity index (χ4v) is 1.30. The molecule has 66 valence electrons. The molecule has 2 heteroatoms. The van der Waals surface area contributed by atoms with Crippen LogP contribution in [-0.2, 0) is 0 Å². The van der Waals surface area contributed by atoms with Crippen LogP contribution in [0.1, 0.15) is 24.1 Å². The molecule has 0 aliphatic carbocycles. The number of nitrogens with one attached hydrogen (secondary N) is 1. The molecule has 1 aromatic rings. The van der Waals surface area contributed by atoms with Crippen molar-refractivity contribution in [2.45, 2.75) is 19.9 Å². The van der Waals surface area contributed by atoms with Gasteiger partial charge in [0, 0.05) is 11.7 Å². The van der Waals surface area contributed by atoms with Gasteiger partial charge in [-0.05, 0) is 38.1 Å².